The Morgan fingerprint density at radius 1 is 1.83 bits per heavy atom. The van der Waals surface area contributed by atoms with E-state index in [4.69, 9.17) is 5.11 Å². The van der Waals surface area contributed by atoms with Crippen molar-refractivity contribution in [3.05, 3.63) is 0 Å². The van der Waals surface area contributed by atoms with E-state index in [2.05, 4.69) is 5.32 Å². The Hall–Kier alpha value is -0.220. The lowest BCUT2D eigenvalue weighted by molar-refractivity contribution is -0.121. The monoisotopic (exact) mass is 189 g/mol. The standard InChI is InChI=1S/C8H15NO2S/c1-6(5-10)9-8(11)7-3-2-4-12-7/h6-7,10H,2-5H2,1H3,(H,9,11)/t6-,7?/m0/s1. The summed E-state index contributed by atoms with van der Waals surface area (Å²) in [5.41, 5.74) is 0. The van der Waals surface area contributed by atoms with E-state index in [0.29, 0.717) is 0 Å². The van der Waals surface area contributed by atoms with Gasteiger partial charge in [0.2, 0.25) is 5.91 Å². The van der Waals surface area contributed by atoms with Gasteiger partial charge in [0.15, 0.2) is 0 Å². The molecule has 0 aliphatic carbocycles. The molecule has 4 heteroatoms. The van der Waals surface area contributed by atoms with Crippen LogP contribution in [0.25, 0.3) is 0 Å². The van der Waals surface area contributed by atoms with Crippen molar-refractivity contribution in [2.45, 2.75) is 31.1 Å². The van der Waals surface area contributed by atoms with Crippen molar-refractivity contribution in [3.8, 4) is 0 Å². The van der Waals surface area contributed by atoms with Gasteiger partial charge in [-0.25, -0.2) is 0 Å². The van der Waals surface area contributed by atoms with Gasteiger partial charge in [0.1, 0.15) is 0 Å². The topological polar surface area (TPSA) is 49.3 Å². The highest BCUT2D eigenvalue weighted by Gasteiger charge is 2.23. The van der Waals surface area contributed by atoms with E-state index < -0.39 is 0 Å². The molecule has 0 radical (unpaired) electrons. The van der Waals surface area contributed by atoms with Crippen molar-refractivity contribution in [2.24, 2.45) is 0 Å². The van der Waals surface area contributed by atoms with E-state index in [1.54, 1.807) is 18.7 Å². The molecule has 0 aromatic heterocycles. The average Bonchev–Trinajstić information content (AvgIpc) is 2.56. The van der Waals surface area contributed by atoms with Crippen LogP contribution in [0.1, 0.15) is 19.8 Å². The highest BCUT2D eigenvalue weighted by molar-refractivity contribution is 8.00. The number of carbonyl (C=O) groups excluding carboxylic acids is 1. The summed E-state index contributed by atoms with van der Waals surface area (Å²) in [7, 11) is 0. The summed E-state index contributed by atoms with van der Waals surface area (Å²) in [6, 6.07) is -0.112. The second-order valence-electron chi connectivity index (χ2n) is 3.09. The SMILES string of the molecule is C[C@@H](CO)NC(=O)C1CCCS1. The predicted molar refractivity (Wildman–Crippen MR) is 50.2 cm³/mol. The highest BCUT2D eigenvalue weighted by Crippen LogP contribution is 2.25. The molecule has 1 aliphatic heterocycles. The summed E-state index contributed by atoms with van der Waals surface area (Å²) in [6.07, 6.45) is 2.12. The van der Waals surface area contributed by atoms with Gasteiger partial charge in [0.25, 0.3) is 0 Å². The number of hydrogen-bond acceptors (Lipinski definition) is 3. The molecule has 1 saturated heterocycles. The second-order valence-corrected chi connectivity index (χ2v) is 4.40. The minimum atomic E-state index is -0.112. The quantitative estimate of drug-likeness (QED) is 0.675. The molecule has 1 fully saturated rings. The van der Waals surface area contributed by atoms with Crippen LogP contribution in [0.5, 0.6) is 0 Å². The Morgan fingerprint density at radius 2 is 2.58 bits per heavy atom. The number of rotatable bonds is 3. The molecule has 2 atom stereocenters. The third kappa shape index (κ3) is 2.68. The van der Waals surface area contributed by atoms with E-state index in [1.165, 1.54) is 0 Å². The molecular formula is C8H15NO2S. The molecule has 0 aromatic carbocycles. The summed E-state index contributed by atoms with van der Waals surface area (Å²) < 4.78 is 0. The molecule has 0 aromatic rings. The number of carbonyl (C=O) groups is 1. The van der Waals surface area contributed by atoms with Crippen molar-refractivity contribution < 1.29 is 9.90 Å². The maximum atomic E-state index is 11.4. The molecule has 1 rings (SSSR count). The van der Waals surface area contributed by atoms with Crippen LogP contribution in [-0.2, 0) is 4.79 Å². The first kappa shape index (κ1) is 9.86. The molecule has 0 bridgehead atoms. The van der Waals surface area contributed by atoms with Gasteiger partial charge in [-0.3, -0.25) is 4.79 Å². The number of amides is 1. The minimum absolute atomic E-state index is 0.0170. The maximum Gasteiger partial charge on any atom is 0.233 e. The fourth-order valence-electron chi connectivity index (χ4n) is 1.17. The molecular weight excluding hydrogens is 174 g/mol. The van der Waals surface area contributed by atoms with Gasteiger partial charge in [0.05, 0.1) is 11.9 Å². The summed E-state index contributed by atoms with van der Waals surface area (Å²) in [5, 5.41) is 11.6. The first-order valence-corrected chi connectivity index (χ1v) is 5.31. The van der Waals surface area contributed by atoms with Crippen molar-refractivity contribution in [1.82, 2.24) is 5.32 Å². The van der Waals surface area contributed by atoms with Gasteiger partial charge in [-0.15, -0.1) is 11.8 Å². The lowest BCUT2D eigenvalue weighted by atomic mass is 10.2. The smallest absolute Gasteiger partial charge is 0.233 e. The van der Waals surface area contributed by atoms with Gasteiger partial charge in [-0.1, -0.05) is 0 Å². The Morgan fingerprint density at radius 3 is 3.08 bits per heavy atom. The van der Waals surface area contributed by atoms with Gasteiger partial charge >= 0.3 is 0 Å². The maximum absolute atomic E-state index is 11.4. The molecule has 12 heavy (non-hydrogen) atoms. The van der Waals surface area contributed by atoms with Crippen molar-refractivity contribution >= 4 is 17.7 Å². The third-order valence-electron chi connectivity index (χ3n) is 1.88. The molecule has 70 valence electrons. The lowest BCUT2D eigenvalue weighted by Crippen LogP contribution is -2.39. The van der Waals surface area contributed by atoms with E-state index in [1.807, 2.05) is 0 Å². The zero-order valence-electron chi connectivity index (χ0n) is 7.25. The number of aliphatic hydroxyl groups excluding tert-OH is 1. The van der Waals surface area contributed by atoms with E-state index >= 15 is 0 Å². The first-order chi connectivity index (χ1) is 5.74. The molecule has 1 heterocycles. The molecule has 3 nitrogen and oxygen atoms in total. The molecule has 1 unspecified atom stereocenters. The van der Waals surface area contributed by atoms with Crippen molar-refractivity contribution in [3.63, 3.8) is 0 Å². The number of hydrogen-bond donors (Lipinski definition) is 2. The van der Waals surface area contributed by atoms with Crippen LogP contribution in [-0.4, -0.2) is 34.7 Å². The van der Waals surface area contributed by atoms with E-state index in [9.17, 15) is 4.79 Å². The van der Waals surface area contributed by atoms with E-state index in [-0.39, 0.29) is 23.8 Å². The van der Waals surface area contributed by atoms with Gasteiger partial charge < -0.3 is 10.4 Å². The average molecular weight is 189 g/mol. The van der Waals surface area contributed by atoms with Gasteiger partial charge in [-0.05, 0) is 25.5 Å². The van der Waals surface area contributed by atoms with Crippen LogP contribution in [0.4, 0.5) is 0 Å². The number of aliphatic hydroxyl groups is 1. The Bertz CT molecular complexity index is 157. The van der Waals surface area contributed by atoms with Crippen LogP contribution < -0.4 is 5.32 Å². The Balaban J connectivity index is 2.27. The van der Waals surface area contributed by atoms with Crippen LogP contribution in [0.15, 0.2) is 0 Å². The van der Waals surface area contributed by atoms with Crippen molar-refractivity contribution in [2.75, 3.05) is 12.4 Å². The Labute approximate surface area is 76.9 Å². The largest absolute Gasteiger partial charge is 0.394 e. The molecule has 2 N–H and O–H groups in total. The van der Waals surface area contributed by atoms with Crippen molar-refractivity contribution in [1.29, 1.82) is 0 Å². The first-order valence-electron chi connectivity index (χ1n) is 4.27. The number of thioether (sulfide) groups is 1. The van der Waals surface area contributed by atoms with Crippen LogP contribution in [0.3, 0.4) is 0 Å². The fourth-order valence-corrected chi connectivity index (χ4v) is 2.34. The van der Waals surface area contributed by atoms with Crippen LogP contribution >= 0.6 is 11.8 Å². The minimum Gasteiger partial charge on any atom is -0.394 e. The zero-order chi connectivity index (χ0) is 8.97. The predicted octanol–water partition coefficient (Wildman–Crippen LogP) is 0.379. The Kier molecular flexibility index (Phi) is 3.88. The fraction of sp³-hybridized carbons (Fsp3) is 0.875. The second kappa shape index (κ2) is 4.72. The molecule has 0 saturated carbocycles. The molecule has 1 aliphatic rings. The number of nitrogens with one attached hydrogen (secondary N) is 1. The van der Waals surface area contributed by atoms with Gasteiger partial charge in [0, 0.05) is 6.04 Å². The zero-order valence-corrected chi connectivity index (χ0v) is 8.06. The normalized spacial score (nSPS) is 25.3. The summed E-state index contributed by atoms with van der Waals surface area (Å²) in [4.78, 5) is 11.4. The highest BCUT2D eigenvalue weighted by atomic mass is 32.2. The molecule has 0 spiro atoms. The van der Waals surface area contributed by atoms with Crippen LogP contribution in [0, 0.1) is 0 Å². The van der Waals surface area contributed by atoms with Crippen LogP contribution in [0.2, 0.25) is 0 Å². The summed E-state index contributed by atoms with van der Waals surface area (Å²) >= 11 is 1.71. The summed E-state index contributed by atoms with van der Waals surface area (Å²) in [5.74, 6) is 1.17. The molecule has 1 amide bonds. The lowest BCUT2D eigenvalue weighted by Gasteiger charge is -2.13. The summed E-state index contributed by atoms with van der Waals surface area (Å²) in [6.45, 7) is 1.82. The van der Waals surface area contributed by atoms with E-state index in [0.717, 1.165) is 18.6 Å². The van der Waals surface area contributed by atoms with Gasteiger partial charge in [-0.2, -0.15) is 0 Å². The third-order valence-corrected chi connectivity index (χ3v) is 3.26.